The highest BCUT2D eigenvalue weighted by Gasteiger charge is 2.46. The first-order chi connectivity index (χ1) is 23.5. The number of hydrogen-bond acceptors (Lipinski definition) is 12. The third kappa shape index (κ3) is 10.8. The van der Waals surface area contributed by atoms with Crippen LogP contribution in [0.5, 0.6) is 0 Å². The second kappa shape index (κ2) is 16.1. The standard InChI is InChI=1S/C32H51FN3O12PSSi/c1-22-10-12-24(13-11-22)50(40,41)45-17-15-35(7)49(39,43-16-14-23-20-42-32(5,6)47-23)44-21-27-26(48-51(8,9)31(2,3)4)18-28(46-27)36-19-25(33)29(37)34-30(36)38/h10-13,19,23,26-28H,14-18,20-21H2,1-9H3,(H,34,37,38)/t23?,26-,27+,28+,49?/m0/s1. The van der Waals surface area contributed by atoms with Gasteiger partial charge in [-0.25, -0.2) is 14.0 Å². The van der Waals surface area contributed by atoms with Gasteiger partial charge in [0.25, 0.3) is 15.7 Å². The molecule has 1 N–H and O–H groups in total. The minimum absolute atomic E-state index is 0.0182. The van der Waals surface area contributed by atoms with Crippen LogP contribution in [0, 0.1) is 12.7 Å². The van der Waals surface area contributed by atoms with Crippen molar-refractivity contribution >= 4 is 26.2 Å². The molecule has 2 unspecified atom stereocenters. The Bertz CT molecular complexity index is 1780. The maximum absolute atomic E-state index is 14.4. The first-order valence-corrected chi connectivity index (χ1v) is 22.6. The molecule has 288 valence electrons. The van der Waals surface area contributed by atoms with E-state index in [4.69, 9.17) is 31.9 Å². The van der Waals surface area contributed by atoms with Gasteiger partial charge in [0.05, 0.1) is 49.7 Å². The molecule has 0 bridgehead atoms. The number of aryl methyl sites for hydroxylation is 1. The Kier molecular flexibility index (Phi) is 13.2. The quantitative estimate of drug-likeness (QED) is 0.142. The van der Waals surface area contributed by atoms with Crippen molar-refractivity contribution in [1.82, 2.24) is 14.2 Å². The topological polar surface area (TPSA) is 174 Å². The van der Waals surface area contributed by atoms with Crippen LogP contribution < -0.4 is 11.2 Å². The van der Waals surface area contributed by atoms with Crippen LogP contribution in [0.25, 0.3) is 0 Å². The average molecular weight is 780 g/mol. The van der Waals surface area contributed by atoms with Gasteiger partial charge in [-0.1, -0.05) is 38.5 Å². The third-order valence-electron chi connectivity index (χ3n) is 9.21. The molecule has 3 heterocycles. The summed E-state index contributed by atoms with van der Waals surface area (Å²) in [5.41, 5.74) is -1.14. The van der Waals surface area contributed by atoms with Crippen LogP contribution >= 0.6 is 7.75 Å². The van der Waals surface area contributed by atoms with Crippen molar-refractivity contribution in [3.05, 3.63) is 62.7 Å². The maximum Gasteiger partial charge on any atom is 0.408 e. The molecule has 5 atom stereocenters. The van der Waals surface area contributed by atoms with E-state index in [1.165, 1.54) is 23.9 Å². The SMILES string of the molecule is Cc1ccc(S(=O)(=O)OCCN(C)P(=O)(OCCC2COC(C)(C)O2)OC[C@H]2O[C@@H](n3cc(F)c(=O)[nH]c3=O)C[C@@H]2O[Si](C)(C)C(C)(C)C)cc1. The van der Waals surface area contributed by atoms with Crippen molar-refractivity contribution in [1.29, 1.82) is 0 Å². The van der Waals surface area contributed by atoms with Gasteiger partial charge in [-0.2, -0.15) is 12.8 Å². The van der Waals surface area contributed by atoms with Crippen LogP contribution in [-0.2, 0) is 46.6 Å². The van der Waals surface area contributed by atoms with Crippen molar-refractivity contribution in [2.24, 2.45) is 0 Å². The van der Waals surface area contributed by atoms with Crippen molar-refractivity contribution in [3.8, 4) is 0 Å². The van der Waals surface area contributed by atoms with Crippen LogP contribution in [0.1, 0.15) is 59.3 Å². The molecule has 2 aromatic rings. The fourth-order valence-corrected chi connectivity index (χ4v) is 8.88. The highest BCUT2D eigenvalue weighted by molar-refractivity contribution is 7.86. The molecule has 4 rings (SSSR count). The molecule has 51 heavy (non-hydrogen) atoms. The van der Waals surface area contributed by atoms with Gasteiger partial charge in [0.1, 0.15) is 12.3 Å². The summed E-state index contributed by atoms with van der Waals surface area (Å²) in [5, 5.41) is -0.213. The van der Waals surface area contributed by atoms with Crippen LogP contribution in [0.4, 0.5) is 4.39 Å². The average Bonchev–Trinajstić information content (AvgIpc) is 3.58. The zero-order valence-electron chi connectivity index (χ0n) is 30.7. The van der Waals surface area contributed by atoms with Gasteiger partial charge in [0, 0.05) is 13.0 Å². The fraction of sp³-hybridized carbons (Fsp3) is 0.688. The molecule has 15 nitrogen and oxygen atoms in total. The van der Waals surface area contributed by atoms with Crippen molar-refractivity contribution in [2.45, 2.75) is 108 Å². The van der Waals surface area contributed by atoms with E-state index >= 15 is 0 Å². The summed E-state index contributed by atoms with van der Waals surface area (Å²) in [6.45, 7) is 15.0. The molecule has 2 aliphatic rings. The zero-order valence-corrected chi connectivity index (χ0v) is 33.4. The number of benzene rings is 1. The highest BCUT2D eigenvalue weighted by atomic mass is 32.2. The number of halogens is 1. The van der Waals surface area contributed by atoms with E-state index in [2.05, 4.69) is 20.8 Å². The van der Waals surface area contributed by atoms with Crippen LogP contribution in [0.3, 0.4) is 0 Å². The first-order valence-electron chi connectivity index (χ1n) is 16.7. The monoisotopic (exact) mass is 779 g/mol. The highest BCUT2D eigenvalue weighted by Crippen LogP contribution is 2.52. The predicted octanol–water partition coefficient (Wildman–Crippen LogP) is 4.68. The Hall–Kier alpha value is -2.09. The number of H-pyrrole nitrogens is 1. The lowest BCUT2D eigenvalue weighted by Crippen LogP contribution is -2.46. The second-order valence-electron chi connectivity index (χ2n) is 14.7. The summed E-state index contributed by atoms with van der Waals surface area (Å²) in [4.78, 5) is 26.3. The van der Waals surface area contributed by atoms with Crippen molar-refractivity contribution in [3.63, 3.8) is 0 Å². The van der Waals surface area contributed by atoms with E-state index in [0.29, 0.717) is 13.0 Å². The molecule has 0 spiro atoms. The summed E-state index contributed by atoms with van der Waals surface area (Å²) in [6.07, 6.45) is -1.73. The first kappa shape index (κ1) is 41.7. The Morgan fingerprint density at radius 2 is 1.80 bits per heavy atom. The van der Waals surface area contributed by atoms with Crippen molar-refractivity contribution < 1.29 is 49.2 Å². The summed E-state index contributed by atoms with van der Waals surface area (Å²) in [7, 11) is -9.28. The number of ether oxygens (including phenoxy) is 3. The summed E-state index contributed by atoms with van der Waals surface area (Å²) in [6, 6.07) is 6.18. The lowest BCUT2D eigenvalue weighted by atomic mass is 10.2. The third-order valence-corrected chi connectivity index (χ3v) is 17.1. The molecule has 1 aromatic carbocycles. The van der Waals surface area contributed by atoms with Gasteiger partial charge >= 0.3 is 13.4 Å². The summed E-state index contributed by atoms with van der Waals surface area (Å²) >= 11 is 0. The number of rotatable bonds is 16. The maximum atomic E-state index is 14.4. The van der Waals surface area contributed by atoms with E-state index in [1.807, 2.05) is 25.0 Å². The van der Waals surface area contributed by atoms with E-state index in [1.54, 1.807) is 26.0 Å². The molecule has 0 aliphatic carbocycles. The molecular formula is C32H51FN3O12PSSi. The van der Waals surface area contributed by atoms with Gasteiger partial charge in [0.15, 0.2) is 14.1 Å². The Balaban J connectivity index is 1.53. The number of aromatic nitrogens is 2. The number of nitrogens with zero attached hydrogens (tertiary/aromatic N) is 2. The number of hydrogen-bond donors (Lipinski definition) is 1. The van der Waals surface area contributed by atoms with E-state index in [-0.39, 0.29) is 48.8 Å². The Morgan fingerprint density at radius 1 is 1.14 bits per heavy atom. The lowest BCUT2D eigenvalue weighted by molar-refractivity contribution is -0.139. The molecule has 0 radical (unpaired) electrons. The minimum atomic E-state index is -4.18. The van der Waals surface area contributed by atoms with E-state index in [0.717, 1.165) is 16.3 Å². The lowest BCUT2D eigenvalue weighted by Gasteiger charge is -2.39. The van der Waals surface area contributed by atoms with Gasteiger partial charge < -0.3 is 18.6 Å². The van der Waals surface area contributed by atoms with E-state index < -0.39 is 67.5 Å². The molecular weight excluding hydrogens is 728 g/mol. The molecule has 2 aliphatic heterocycles. The minimum Gasteiger partial charge on any atom is -0.411 e. The molecule has 0 saturated carbocycles. The Morgan fingerprint density at radius 3 is 2.41 bits per heavy atom. The predicted molar refractivity (Wildman–Crippen MR) is 188 cm³/mol. The second-order valence-corrected chi connectivity index (χ2v) is 23.2. The smallest absolute Gasteiger partial charge is 0.408 e. The van der Waals surface area contributed by atoms with Gasteiger partial charge in [-0.3, -0.25) is 27.6 Å². The van der Waals surface area contributed by atoms with Crippen molar-refractivity contribution in [2.75, 3.05) is 40.0 Å². The summed E-state index contributed by atoms with van der Waals surface area (Å²) in [5.74, 6) is -1.93. The normalized spacial score (nSPS) is 23.9. The molecule has 19 heteroatoms. The molecule has 2 fully saturated rings. The van der Waals surface area contributed by atoms with Gasteiger partial charge in [-0.05, 0) is 64.5 Å². The van der Waals surface area contributed by atoms with E-state index in [9.17, 15) is 27.0 Å². The Labute approximate surface area is 299 Å². The molecule has 0 amide bonds. The zero-order chi connectivity index (χ0) is 38.0. The number of aromatic amines is 1. The van der Waals surface area contributed by atoms with Crippen LogP contribution in [0.2, 0.25) is 18.1 Å². The van der Waals surface area contributed by atoms with Gasteiger partial charge in [0.2, 0.25) is 5.82 Å². The fourth-order valence-electron chi connectivity index (χ4n) is 5.16. The number of nitrogens with one attached hydrogen (secondary N) is 1. The summed E-state index contributed by atoms with van der Waals surface area (Å²) < 4.78 is 97.9. The number of likely N-dealkylation sites (N-methyl/N-ethyl adjacent to an activating group) is 1. The molecule has 2 saturated heterocycles. The van der Waals surface area contributed by atoms with Gasteiger partial charge in [-0.15, -0.1) is 0 Å². The largest absolute Gasteiger partial charge is 0.411 e. The van der Waals surface area contributed by atoms with Crippen LogP contribution in [0.15, 0.2) is 44.9 Å². The molecule has 1 aromatic heterocycles. The van der Waals surface area contributed by atoms with Crippen LogP contribution in [-0.4, -0.2) is 95.1 Å².